The first kappa shape index (κ1) is 12.6. The molecule has 0 radical (unpaired) electrons. The van der Waals surface area contributed by atoms with Crippen molar-refractivity contribution in [3.05, 3.63) is 59.4 Å². The Balaban J connectivity index is 2.58. The first-order valence-corrected chi connectivity index (χ1v) is 5.85. The van der Waals surface area contributed by atoms with E-state index in [9.17, 15) is 5.11 Å². The monoisotopic (exact) mass is 243 g/mol. The minimum Gasteiger partial charge on any atom is -0.495 e. The summed E-state index contributed by atoms with van der Waals surface area (Å²) in [5.74, 6) is 0.589. The minimum atomic E-state index is -1.17. The molecule has 2 rings (SSSR count). The topological polar surface area (TPSA) is 42.4 Å². The number of hydrogen-bond acceptors (Lipinski definition) is 3. The number of benzene rings is 1. The molecule has 0 aliphatic rings. The number of rotatable bonds is 3. The van der Waals surface area contributed by atoms with Gasteiger partial charge < -0.3 is 9.84 Å². The van der Waals surface area contributed by atoms with Crippen LogP contribution in [0.5, 0.6) is 5.75 Å². The summed E-state index contributed by atoms with van der Waals surface area (Å²) in [6.45, 7) is 3.71. The van der Waals surface area contributed by atoms with Gasteiger partial charge in [0.05, 0.1) is 7.11 Å². The second kappa shape index (κ2) is 4.78. The van der Waals surface area contributed by atoms with Crippen LogP contribution in [0.4, 0.5) is 0 Å². The SMILES string of the molecule is COc1cccnc1C(C)(O)c1ccccc1C. The van der Waals surface area contributed by atoms with Gasteiger partial charge in [-0.25, -0.2) is 0 Å². The van der Waals surface area contributed by atoms with Gasteiger partial charge in [-0.3, -0.25) is 4.98 Å². The summed E-state index contributed by atoms with van der Waals surface area (Å²) in [6, 6.07) is 11.3. The zero-order valence-corrected chi connectivity index (χ0v) is 10.8. The van der Waals surface area contributed by atoms with Crippen molar-refractivity contribution in [3.63, 3.8) is 0 Å². The van der Waals surface area contributed by atoms with E-state index < -0.39 is 5.60 Å². The lowest BCUT2D eigenvalue weighted by Crippen LogP contribution is -2.26. The molecule has 94 valence electrons. The molecule has 0 bridgehead atoms. The van der Waals surface area contributed by atoms with Crippen molar-refractivity contribution in [3.8, 4) is 5.75 Å². The minimum absolute atomic E-state index is 0.529. The lowest BCUT2D eigenvalue weighted by Gasteiger charge is -2.26. The predicted octanol–water partition coefficient (Wildman–Crippen LogP) is 2.65. The van der Waals surface area contributed by atoms with Crippen molar-refractivity contribution in [2.45, 2.75) is 19.4 Å². The Bertz CT molecular complexity index is 550. The standard InChI is InChI=1S/C15H17NO2/c1-11-7-4-5-8-12(11)15(2,17)14-13(18-3)9-6-10-16-14/h4-10,17H,1-3H3. The van der Waals surface area contributed by atoms with E-state index in [1.165, 1.54) is 0 Å². The second-order valence-electron chi connectivity index (χ2n) is 4.44. The van der Waals surface area contributed by atoms with Crippen LogP contribution in [-0.2, 0) is 5.60 Å². The van der Waals surface area contributed by atoms with Gasteiger partial charge in [0.2, 0.25) is 0 Å². The van der Waals surface area contributed by atoms with Crippen molar-refractivity contribution < 1.29 is 9.84 Å². The molecule has 0 amide bonds. The predicted molar refractivity (Wildman–Crippen MR) is 70.6 cm³/mol. The van der Waals surface area contributed by atoms with Crippen LogP contribution in [0.15, 0.2) is 42.6 Å². The van der Waals surface area contributed by atoms with Crippen molar-refractivity contribution >= 4 is 0 Å². The second-order valence-corrected chi connectivity index (χ2v) is 4.44. The van der Waals surface area contributed by atoms with Gasteiger partial charge in [-0.05, 0) is 37.1 Å². The third-order valence-corrected chi connectivity index (χ3v) is 3.12. The van der Waals surface area contributed by atoms with Crippen LogP contribution < -0.4 is 4.74 Å². The highest BCUT2D eigenvalue weighted by Crippen LogP contribution is 2.34. The lowest BCUT2D eigenvalue weighted by atomic mass is 9.88. The van der Waals surface area contributed by atoms with E-state index in [1.54, 1.807) is 32.4 Å². The largest absolute Gasteiger partial charge is 0.495 e. The molecule has 0 aliphatic heterocycles. The average Bonchev–Trinajstić information content (AvgIpc) is 2.39. The highest BCUT2D eigenvalue weighted by atomic mass is 16.5. The van der Waals surface area contributed by atoms with Gasteiger partial charge >= 0.3 is 0 Å². The number of pyridine rings is 1. The maximum atomic E-state index is 10.8. The Labute approximate surface area is 107 Å². The highest BCUT2D eigenvalue weighted by Gasteiger charge is 2.31. The molecule has 0 saturated heterocycles. The van der Waals surface area contributed by atoms with Crippen molar-refractivity contribution in [1.29, 1.82) is 0 Å². The number of methoxy groups -OCH3 is 1. The number of aliphatic hydroxyl groups is 1. The van der Waals surface area contributed by atoms with E-state index >= 15 is 0 Å². The van der Waals surface area contributed by atoms with Crippen LogP contribution in [-0.4, -0.2) is 17.2 Å². The van der Waals surface area contributed by atoms with E-state index in [2.05, 4.69) is 4.98 Å². The van der Waals surface area contributed by atoms with Crippen molar-refractivity contribution in [2.75, 3.05) is 7.11 Å². The molecule has 2 aromatic rings. The molecule has 3 heteroatoms. The van der Waals surface area contributed by atoms with E-state index in [0.29, 0.717) is 11.4 Å². The summed E-state index contributed by atoms with van der Waals surface area (Å²) in [5, 5.41) is 10.8. The summed E-state index contributed by atoms with van der Waals surface area (Å²) in [6.07, 6.45) is 1.66. The summed E-state index contributed by atoms with van der Waals surface area (Å²) in [5.41, 5.74) is 1.22. The summed E-state index contributed by atoms with van der Waals surface area (Å²) in [7, 11) is 1.58. The van der Waals surface area contributed by atoms with Crippen LogP contribution in [0.1, 0.15) is 23.7 Å². The van der Waals surface area contributed by atoms with Crippen molar-refractivity contribution in [2.24, 2.45) is 0 Å². The van der Waals surface area contributed by atoms with E-state index in [1.807, 2.05) is 31.2 Å². The van der Waals surface area contributed by atoms with Crippen LogP contribution in [0.25, 0.3) is 0 Å². The Morgan fingerprint density at radius 1 is 1.17 bits per heavy atom. The van der Waals surface area contributed by atoms with E-state index in [0.717, 1.165) is 11.1 Å². The van der Waals surface area contributed by atoms with Crippen LogP contribution in [0.3, 0.4) is 0 Å². The molecule has 0 fully saturated rings. The van der Waals surface area contributed by atoms with Gasteiger partial charge in [-0.15, -0.1) is 0 Å². The number of ether oxygens (including phenoxy) is 1. The number of hydrogen-bond donors (Lipinski definition) is 1. The van der Waals surface area contributed by atoms with Crippen LogP contribution >= 0.6 is 0 Å². The van der Waals surface area contributed by atoms with E-state index in [-0.39, 0.29) is 0 Å². The Hall–Kier alpha value is -1.87. The molecule has 1 aromatic carbocycles. The lowest BCUT2D eigenvalue weighted by molar-refractivity contribution is 0.0932. The molecule has 0 spiro atoms. The molecular formula is C15H17NO2. The average molecular weight is 243 g/mol. The molecule has 1 N–H and O–H groups in total. The zero-order valence-electron chi connectivity index (χ0n) is 10.8. The fourth-order valence-electron chi connectivity index (χ4n) is 2.17. The molecule has 18 heavy (non-hydrogen) atoms. The van der Waals surface area contributed by atoms with Crippen LogP contribution in [0, 0.1) is 6.92 Å². The molecule has 1 atom stereocenters. The van der Waals surface area contributed by atoms with Gasteiger partial charge in [-0.1, -0.05) is 24.3 Å². The summed E-state index contributed by atoms with van der Waals surface area (Å²) < 4.78 is 5.27. The normalized spacial score (nSPS) is 14.0. The summed E-state index contributed by atoms with van der Waals surface area (Å²) in [4.78, 5) is 4.26. The van der Waals surface area contributed by atoms with Crippen molar-refractivity contribution in [1.82, 2.24) is 4.98 Å². The molecule has 1 aromatic heterocycles. The molecule has 1 unspecified atom stereocenters. The van der Waals surface area contributed by atoms with Gasteiger partial charge in [0.25, 0.3) is 0 Å². The van der Waals surface area contributed by atoms with Crippen LogP contribution in [0.2, 0.25) is 0 Å². The maximum Gasteiger partial charge on any atom is 0.143 e. The molecule has 0 saturated carbocycles. The van der Waals surface area contributed by atoms with Gasteiger partial charge in [0.15, 0.2) is 0 Å². The Morgan fingerprint density at radius 2 is 1.89 bits per heavy atom. The number of nitrogens with zero attached hydrogens (tertiary/aromatic N) is 1. The number of aryl methyl sites for hydroxylation is 1. The fraction of sp³-hybridized carbons (Fsp3) is 0.267. The van der Waals surface area contributed by atoms with Gasteiger partial charge in [0, 0.05) is 6.20 Å². The third kappa shape index (κ3) is 2.09. The smallest absolute Gasteiger partial charge is 0.143 e. The Kier molecular flexibility index (Phi) is 3.34. The zero-order chi connectivity index (χ0) is 13.2. The number of aromatic nitrogens is 1. The summed E-state index contributed by atoms with van der Waals surface area (Å²) >= 11 is 0. The molecular weight excluding hydrogens is 226 g/mol. The molecule has 3 nitrogen and oxygen atoms in total. The third-order valence-electron chi connectivity index (χ3n) is 3.12. The molecule has 1 heterocycles. The van der Waals surface area contributed by atoms with Gasteiger partial charge in [-0.2, -0.15) is 0 Å². The highest BCUT2D eigenvalue weighted by molar-refractivity contribution is 5.42. The van der Waals surface area contributed by atoms with E-state index in [4.69, 9.17) is 4.74 Å². The Morgan fingerprint density at radius 3 is 2.56 bits per heavy atom. The molecule has 0 aliphatic carbocycles. The first-order valence-electron chi connectivity index (χ1n) is 5.85. The quantitative estimate of drug-likeness (QED) is 0.901. The first-order chi connectivity index (χ1) is 8.57. The fourth-order valence-corrected chi connectivity index (χ4v) is 2.17. The maximum absolute atomic E-state index is 10.8. The van der Waals surface area contributed by atoms with Gasteiger partial charge in [0.1, 0.15) is 17.0 Å².